The topological polar surface area (TPSA) is 57.7 Å². The highest BCUT2D eigenvalue weighted by Gasteiger charge is 2.12. The van der Waals surface area contributed by atoms with Gasteiger partial charge in [-0.3, -0.25) is 4.79 Å². The number of aryl methyl sites for hydroxylation is 1. The summed E-state index contributed by atoms with van der Waals surface area (Å²) in [5.74, 6) is 1.01. The van der Waals surface area contributed by atoms with Gasteiger partial charge in [-0.15, -0.1) is 0 Å². The average Bonchev–Trinajstić information content (AvgIpc) is 2.46. The third-order valence-corrected chi connectivity index (χ3v) is 3.12. The lowest BCUT2D eigenvalue weighted by molar-refractivity contribution is -0.139. The molecule has 0 radical (unpaired) electrons. The standard InChI is InChI=1S/C15H17NO4/c1-9-5-10(6-14(17)20-4)16-15-12(9)7-11(18-2)8-13(15)19-3/h5,7-8H,6H2,1-4H3. The van der Waals surface area contributed by atoms with Gasteiger partial charge in [-0.2, -0.15) is 0 Å². The summed E-state index contributed by atoms with van der Waals surface area (Å²) in [4.78, 5) is 15.9. The smallest absolute Gasteiger partial charge is 0.311 e. The molecule has 1 aromatic heterocycles. The van der Waals surface area contributed by atoms with Crippen LogP contribution in [-0.4, -0.2) is 32.3 Å². The first kappa shape index (κ1) is 14.1. The maximum absolute atomic E-state index is 11.4. The Morgan fingerprint density at radius 3 is 2.50 bits per heavy atom. The molecular weight excluding hydrogens is 258 g/mol. The van der Waals surface area contributed by atoms with Crippen LogP contribution in [0.5, 0.6) is 11.5 Å². The van der Waals surface area contributed by atoms with Crippen molar-refractivity contribution in [2.45, 2.75) is 13.3 Å². The first-order chi connectivity index (χ1) is 9.58. The van der Waals surface area contributed by atoms with E-state index in [1.54, 1.807) is 20.3 Å². The van der Waals surface area contributed by atoms with Crippen LogP contribution in [0.25, 0.3) is 10.9 Å². The molecule has 0 amide bonds. The van der Waals surface area contributed by atoms with Crippen molar-refractivity contribution >= 4 is 16.9 Å². The first-order valence-corrected chi connectivity index (χ1v) is 6.18. The van der Waals surface area contributed by atoms with Gasteiger partial charge in [-0.05, 0) is 24.6 Å². The molecule has 1 heterocycles. The maximum atomic E-state index is 11.4. The van der Waals surface area contributed by atoms with Gasteiger partial charge in [0.15, 0.2) is 0 Å². The Labute approximate surface area is 117 Å². The number of fused-ring (bicyclic) bond motifs is 1. The maximum Gasteiger partial charge on any atom is 0.311 e. The molecule has 106 valence electrons. The molecule has 0 unspecified atom stereocenters. The van der Waals surface area contributed by atoms with E-state index in [1.165, 1.54) is 7.11 Å². The monoisotopic (exact) mass is 275 g/mol. The van der Waals surface area contributed by atoms with E-state index in [4.69, 9.17) is 9.47 Å². The first-order valence-electron chi connectivity index (χ1n) is 6.18. The number of nitrogens with zero attached hydrogens (tertiary/aromatic N) is 1. The number of aromatic nitrogens is 1. The van der Waals surface area contributed by atoms with Crippen LogP contribution in [0.15, 0.2) is 18.2 Å². The molecule has 1 aromatic carbocycles. The Morgan fingerprint density at radius 1 is 1.15 bits per heavy atom. The highest BCUT2D eigenvalue weighted by Crippen LogP contribution is 2.32. The summed E-state index contributed by atoms with van der Waals surface area (Å²) in [5, 5.41) is 0.940. The van der Waals surface area contributed by atoms with Crippen LogP contribution >= 0.6 is 0 Å². The Hall–Kier alpha value is -2.30. The molecule has 2 rings (SSSR count). The summed E-state index contributed by atoms with van der Waals surface area (Å²) in [7, 11) is 4.55. The van der Waals surface area contributed by atoms with Gasteiger partial charge in [0.1, 0.15) is 17.0 Å². The summed E-state index contributed by atoms with van der Waals surface area (Å²) < 4.78 is 15.3. The van der Waals surface area contributed by atoms with Crippen LogP contribution in [0.2, 0.25) is 0 Å². The van der Waals surface area contributed by atoms with E-state index in [9.17, 15) is 4.79 Å². The third kappa shape index (κ3) is 2.66. The molecule has 5 heteroatoms. The van der Waals surface area contributed by atoms with Crippen LogP contribution < -0.4 is 9.47 Å². The number of carbonyl (C=O) groups is 1. The van der Waals surface area contributed by atoms with Crippen molar-refractivity contribution in [1.82, 2.24) is 4.98 Å². The summed E-state index contributed by atoms with van der Waals surface area (Å²) in [6.07, 6.45) is 0.141. The van der Waals surface area contributed by atoms with Gasteiger partial charge in [0, 0.05) is 11.5 Å². The highest BCUT2D eigenvalue weighted by molar-refractivity contribution is 5.89. The third-order valence-electron chi connectivity index (χ3n) is 3.12. The lowest BCUT2D eigenvalue weighted by atomic mass is 10.1. The molecule has 0 spiro atoms. The number of methoxy groups -OCH3 is 3. The van der Waals surface area contributed by atoms with Crippen molar-refractivity contribution in [3.63, 3.8) is 0 Å². The number of esters is 1. The highest BCUT2D eigenvalue weighted by atomic mass is 16.5. The molecule has 0 N–H and O–H groups in total. The molecular formula is C15H17NO4. The summed E-state index contributed by atoms with van der Waals surface area (Å²) in [5.41, 5.74) is 2.38. The molecule has 2 aromatic rings. The quantitative estimate of drug-likeness (QED) is 0.801. The summed E-state index contributed by atoms with van der Waals surface area (Å²) in [6, 6.07) is 5.55. The molecule has 0 aliphatic rings. The van der Waals surface area contributed by atoms with E-state index < -0.39 is 0 Å². The number of pyridine rings is 1. The van der Waals surface area contributed by atoms with Gasteiger partial charge in [0.2, 0.25) is 0 Å². The zero-order valence-corrected chi connectivity index (χ0v) is 12.0. The van der Waals surface area contributed by atoms with E-state index >= 15 is 0 Å². The average molecular weight is 275 g/mol. The molecule has 0 saturated heterocycles. The van der Waals surface area contributed by atoms with Crippen LogP contribution in [0.3, 0.4) is 0 Å². The van der Waals surface area contributed by atoms with Crippen molar-refractivity contribution in [3.8, 4) is 11.5 Å². The van der Waals surface area contributed by atoms with Crippen LogP contribution in [0.1, 0.15) is 11.3 Å². The number of hydrogen-bond acceptors (Lipinski definition) is 5. The minimum atomic E-state index is -0.316. The van der Waals surface area contributed by atoms with Gasteiger partial charge in [0.05, 0.1) is 33.4 Å². The van der Waals surface area contributed by atoms with Crippen molar-refractivity contribution in [1.29, 1.82) is 0 Å². The fraction of sp³-hybridized carbons (Fsp3) is 0.333. The van der Waals surface area contributed by atoms with Crippen LogP contribution in [-0.2, 0) is 16.0 Å². The largest absolute Gasteiger partial charge is 0.497 e. The number of rotatable bonds is 4. The van der Waals surface area contributed by atoms with Gasteiger partial charge in [0.25, 0.3) is 0 Å². The second-order valence-electron chi connectivity index (χ2n) is 4.41. The SMILES string of the molecule is COC(=O)Cc1cc(C)c2cc(OC)cc(OC)c2n1. The van der Waals surface area contributed by atoms with Crippen molar-refractivity contribution < 1.29 is 19.0 Å². The van der Waals surface area contributed by atoms with E-state index in [1.807, 2.05) is 19.1 Å². The zero-order chi connectivity index (χ0) is 14.7. The van der Waals surface area contributed by atoms with E-state index in [2.05, 4.69) is 9.72 Å². The van der Waals surface area contributed by atoms with Crippen LogP contribution in [0.4, 0.5) is 0 Å². The zero-order valence-electron chi connectivity index (χ0n) is 12.0. The lowest BCUT2D eigenvalue weighted by Crippen LogP contribution is -2.07. The Kier molecular flexibility index (Phi) is 4.08. The van der Waals surface area contributed by atoms with E-state index in [-0.39, 0.29) is 12.4 Å². The minimum Gasteiger partial charge on any atom is -0.497 e. The predicted octanol–water partition coefficient (Wildman–Crippen LogP) is 2.28. The number of carbonyl (C=O) groups excluding carboxylic acids is 1. The van der Waals surface area contributed by atoms with E-state index in [0.29, 0.717) is 22.7 Å². The molecule has 0 saturated carbocycles. The lowest BCUT2D eigenvalue weighted by Gasteiger charge is -2.11. The molecule has 0 atom stereocenters. The normalized spacial score (nSPS) is 10.4. The Balaban J connectivity index is 2.60. The van der Waals surface area contributed by atoms with Gasteiger partial charge in [-0.25, -0.2) is 4.98 Å². The van der Waals surface area contributed by atoms with Crippen LogP contribution in [0, 0.1) is 6.92 Å². The predicted molar refractivity (Wildman–Crippen MR) is 75.3 cm³/mol. The fourth-order valence-corrected chi connectivity index (χ4v) is 2.09. The van der Waals surface area contributed by atoms with Crippen molar-refractivity contribution in [2.24, 2.45) is 0 Å². The summed E-state index contributed by atoms with van der Waals surface area (Å²) >= 11 is 0. The molecule has 0 aliphatic carbocycles. The van der Waals surface area contributed by atoms with Gasteiger partial charge >= 0.3 is 5.97 Å². The Bertz CT molecular complexity index is 652. The molecule has 0 fully saturated rings. The Morgan fingerprint density at radius 2 is 1.90 bits per heavy atom. The van der Waals surface area contributed by atoms with Gasteiger partial charge in [-0.1, -0.05) is 0 Å². The molecule has 5 nitrogen and oxygen atoms in total. The molecule has 0 bridgehead atoms. The summed E-state index contributed by atoms with van der Waals surface area (Å²) in [6.45, 7) is 1.96. The van der Waals surface area contributed by atoms with Crippen molar-refractivity contribution in [3.05, 3.63) is 29.5 Å². The van der Waals surface area contributed by atoms with E-state index in [0.717, 1.165) is 10.9 Å². The minimum absolute atomic E-state index is 0.141. The number of ether oxygens (including phenoxy) is 3. The number of benzene rings is 1. The second kappa shape index (κ2) is 5.77. The van der Waals surface area contributed by atoms with Crippen molar-refractivity contribution in [2.75, 3.05) is 21.3 Å². The van der Waals surface area contributed by atoms with Gasteiger partial charge < -0.3 is 14.2 Å². The molecule has 0 aliphatic heterocycles. The number of hydrogen-bond donors (Lipinski definition) is 0. The fourth-order valence-electron chi connectivity index (χ4n) is 2.09. The molecule has 20 heavy (non-hydrogen) atoms. The second-order valence-corrected chi connectivity index (χ2v) is 4.41.